The molecular weight excluding hydrogens is 226 g/mol. The van der Waals surface area contributed by atoms with Gasteiger partial charge in [0.25, 0.3) is 0 Å². The van der Waals surface area contributed by atoms with E-state index in [9.17, 15) is 0 Å². The van der Waals surface area contributed by atoms with Gasteiger partial charge in [-0.15, -0.1) is 0 Å². The Kier molecular flexibility index (Phi) is 9.59. The molecule has 1 heterocycles. The highest BCUT2D eigenvalue weighted by Gasteiger charge is 2.18. The normalized spacial score (nSPS) is 23.7. The van der Waals surface area contributed by atoms with Crippen LogP contribution in [0.1, 0.15) is 40.5 Å². The molecule has 2 heteroatoms. The van der Waals surface area contributed by atoms with Gasteiger partial charge in [-0.25, -0.2) is 0 Å². The van der Waals surface area contributed by atoms with Gasteiger partial charge in [0, 0.05) is 12.0 Å². The second-order valence-corrected chi connectivity index (χ2v) is 6.68. The maximum absolute atomic E-state index is 4.16. The predicted octanol–water partition coefficient (Wildman–Crippen LogP) is 3.47. The van der Waals surface area contributed by atoms with E-state index in [0.29, 0.717) is 16.4 Å². The van der Waals surface area contributed by atoms with Crippen LogP contribution >= 0.6 is 10.5 Å². The summed E-state index contributed by atoms with van der Waals surface area (Å²) < 4.78 is 0. The van der Waals surface area contributed by atoms with E-state index in [-0.39, 0.29) is 0 Å². The van der Waals surface area contributed by atoms with Gasteiger partial charge in [-0.1, -0.05) is 45.4 Å². The average Bonchev–Trinajstić information content (AvgIpc) is 2.32. The van der Waals surface area contributed by atoms with E-state index >= 15 is 0 Å². The molecule has 1 nitrogen and oxygen atoms in total. The third-order valence-electron chi connectivity index (χ3n) is 2.82. The molecule has 0 spiro atoms. The minimum atomic E-state index is 0.447. The second-order valence-electron chi connectivity index (χ2n) is 4.64. The van der Waals surface area contributed by atoms with Gasteiger partial charge in [-0.2, -0.15) is 10.5 Å². The van der Waals surface area contributed by atoms with Crippen LogP contribution in [0.25, 0.3) is 0 Å². The van der Waals surface area contributed by atoms with E-state index in [1.807, 2.05) is 13.8 Å². The lowest BCUT2D eigenvalue weighted by Crippen LogP contribution is -2.35. The minimum absolute atomic E-state index is 0.447. The summed E-state index contributed by atoms with van der Waals surface area (Å²) in [5.41, 5.74) is 0. The van der Waals surface area contributed by atoms with Gasteiger partial charge in [-0.05, 0) is 31.4 Å². The van der Waals surface area contributed by atoms with Crippen molar-refractivity contribution in [3.05, 3.63) is 0 Å². The lowest BCUT2D eigenvalue weighted by atomic mass is 10.1. The standard InChI is InChI=1S/C13H23NS.C2H6/c1-12(2)6-5-9-14(3)13-7-10-15(4)11-8-13;1-2/h12-13H,4,7-11H2,1-3H3;1-2H3. The Morgan fingerprint density at radius 2 is 1.82 bits per heavy atom. The number of rotatable bonds is 2. The zero-order valence-corrected chi connectivity index (χ0v) is 13.1. The molecule has 1 saturated heterocycles. The monoisotopic (exact) mass is 255 g/mol. The number of nitrogens with zero attached hydrogens (tertiary/aromatic N) is 1. The first-order chi connectivity index (χ1) is 8.09. The maximum Gasteiger partial charge on any atom is 0.0601 e. The molecule has 100 valence electrons. The molecule has 0 aromatic rings. The largest absolute Gasteiger partial charge is 0.292 e. The van der Waals surface area contributed by atoms with Crippen molar-refractivity contribution in [2.24, 2.45) is 5.92 Å². The van der Waals surface area contributed by atoms with Gasteiger partial charge < -0.3 is 0 Å². The molecule has 1 fully saturated rings. The molecule has 0 aromatic heterocycles. The van der Waals surface area contributed by atoms with E-state index in [2.05, 4.69) is 43.5 Å². The van der Waals surface area contributed by atoms with Crippen molar-refractivity contribution in [1.82, 2.24) is 4.90 Å². The van der Waals surface area contributed by atoms with Crippen LogP contribution in [-0.2, 0) is 0 Å². The summed E-state index contributed by atoms with van der Waals surface area (Å²) in [7, 11) is 2.65. The minimum Gasteiger partial charge on any atom is -0.292 e. The first kappa shape index (κ1) is 16.7. The Hall–Kier alpha value is -0.260. The fraction of sp³-hybridized carbons (Fsp3) is 0.800. The molecule has 0 bridgehead atoms. The summed E-state index contributed by atoms with van der Waals surface area (Å²) in [5.74, 6) is 13.8. The molecule has 17 heavy (non-hydrogen) atoms. The zero-order valence-electron chi connectivity index (χ0n) is 12.3. The second kappa shape index (κ2) is 9.74. The Balaban J connectivity index is 0.00000121. The van der Waals surface area contributed by atoms with Gasteiger partial charge in [0.1, 0.15) is 0 Å². The molecule has 1 aliphatic rings. The fourth-order valence-electron chi connectivity index (χ4n) is 1.80. The van der Waals surface area contributed by atoms with Crippen LogP contribution in [0.2, 0.25) is 0 Å². The smallest absolute Gasteiger partial charge is 0.0601 e. The molecule has 0 aliphatic carbocycles. The molecule has 0 amide bonds. The van der Waals surface area contributed by atoms with Gasteiger partial charge in [0.15, 0.2) is 0 Å². The topological polar surface area (TPSA) is 3.24 Å². The Bertz CT molecular complexity index is 262. The van der Waals surface area contributed by atoms with Crippen LogP contribution in [0, 0.1) is 17.8 Å². The lowest BCUT2D eigenvalue weighted by molar-refractivity contribution is 0.255. The molecule has 1 aliphatic heterocycles. The number of hydrogen-bond acceptors (Lipinski definition) is 1. The fourth-order valence-corrected chi connectivity index (χ4v) is 3.21. The van der Waals surface area contributed by atoms with Gasteiger partial charge in [0.05, 0.1) is 6.54 Å². The molecular formula is C15H29NS. The summed E-state index contributed by atoms with van der Waals surface area (Å²) in [6, 6.07) is 0.747. The van der Waals surface area contributed by atoms with Gasteiger partial charge >= 0.3 is 0 Å². The van der Waals surface area contributed by atoms with Crippen molar-refractivity contribution < 1.29 is 0 Å². The average molecular weight is 255 g/mol. The number of hydrogen-bond donors (Lipinski definition) is 0. The summed E-state index contributed by atoms with van der Waals surface area (Å²) in [4.78, 5) is 2.41. The van der Waals surface area contributed by atoms with E-state index in [1.165, 1.54) is 24.3 Å². The third-order valence-corrected chi connectivity index (χ3v) is 4.45. The van der Waals surface area contributed by atoms with Crippen molar-refractivity contribution in [2.75, 3.05) is 25.1 Å². The van der Waals surface area contributed by atoms with Crippen molar-refractivity contribution in [1.29, 1.82) is 0 Å². The van der Waals surface area contributed by atoms with Gasteiger partial charge in [-0.3, -0.25) is 4.90 Å². The lowest BCUT2D eigenvalue weighted by Gasteiger charge is -2.31. The molecule has 0 radical (unpaired) electrons. The summed E-state index contributed by atoms with van der Waals surface area (Å²) in [5, 5.41) is 0. The first-order valence-corrected chi connectivity index (χ1v) is 8.48. The Labute approximate surface area is 111 Å². The first-order valence-electron chi connectivity index (χ1n) is 6.75. The zero-order chi connectivity index (χ0) is 13.3. The summed E-state index contributed by atoms with van der Waals surface area (Å²) >= 11 is 0. The maximum atomic E-state index is 4.16. The highest BCUT2D eigenvalue weighted by Crippen LogP contribution is 2.24. The Morgan fingerprint density at radius 3 is 2.29 bits per heavy atom. The molecule has 0 unspecified atom stereocenters. The highest BCUT2D eigenvalue weighted by molar-refractivity contribution is 8.14. The van der Waals surface area contributed by atoms with Crippen LogP contribution in [-0.4, -0.2) is 41.9 Å². The van der Waals surface area contributed by atoms with Crippen LogP contribution in [0.4, 0.5) is 0 Å². The van der Waals surface area contributed by atoms with Crippen LogP contribution in [0.15, 0.2) is 0 Å². The molecule has 0 saturated carbocycles. The van der Waals surface area contributed by atoms with E-state index in [1.54, 1.807) is 0 Å². The summed E-state index contributed by atoms with van der Waals surface area (Å²) in [6.45, 7) is 9.21. The molecule has 0 atom stereocenters. The quantitative estimate of drug-likeness (QED) is 0.539. The van der Waals surface area contributed by atoms with Crippen molar-refractivity contribution >= 4 is 16.4 Å². The third kappa shape index (κ3) is 7.63. The van der Waals surface area contributed by atoms with Crippen LogP contribution in [0.5, 0.6) is 0 Å². The van der Waals surface area contributed by atoms with E-state index in [4.69, 9.17) is 0 Å². The molecule has 0 aromatic carbocycles. The summed E-state index contributed by atoms with van der Waals surface area (Å²) in [6.07, 6.45) is 2.62. The van der Waals surface area contributed by atoms with Crippen LogP contribution in [0.3, 0.4) is 0 Å². The van der Waals surface area contributed by atoms with Crippen LogP contribution < -0.4 is 0 Å². The molecule has 1 rings (SSSR count). The van der Waals surface area contributed by atoms with Crippen molar-refractivity contribution in [2.45, 2.75) is 46.6 Å². The van der Waals surface area contributed by atoms with Gasteiger partial charge in [0.2, 0.25) is 0 Å². The van der Waals surface area contributed by atoms with E-state index < -0.39 is 0 Å². The van der Waals surface area contributed by atoms with E-state index in [0.717, 1.165) is 12.6 Å². The van der Waals surface area contributed by atoms with Crippen molar-refractivity contribution in [3.63, 3.8) is 0 Å². The highest BCUT2D eigenvalue weighted by atomic mass is 32.2. The Morgan fingerprint density at radius 1 is 1.29 bits per heavy atom. The SMILES string of the molecule is C=S1CCC(N(C)CC#CC(C)C)CC1.CC. The predicted molar refractivity (Wildman–Crippen MR) is 84.1 cm³/mol. The molecule has 0 N–H and O–H groups in total. The van der Waals surface area contributed by atoms with Crippen molar-refractivity contribution in [3.8, 4) is 11.8 Å².